The maximum Gasteiger partial charge on any atom is 0.246 e. The number of anilines is 1. The molecule has 3 aromatic rings. The molecule has 0 aliphatic carbocycles. The fourth-order valence-corrected chi connectivity index (χ4v) is 3.22. The molecule has 2 unspecified atom stereocenters. The first-order valence-electron chi connectivity index (χ1n) is 10.1. The zero-order chi connectivity index (χ0) is 22.4. The summed E-state index contributed by atoms with van der Waals surface area (Å²) in [7, 11) is 3.24. The maximum atomic E-state index is 9.90. The number of rotatable bonds is 9. The summed E-state index contributed by atoms with van der Waals surface area (Å²) in [5.41, 5.74) is 2.94. The number of hydrogen-bond donors (Lipinski definition) is 2. The first kappa shape index (κ1) is 22.5. The minimum Gasteiger partial charge on any atom is -0.497 e. The smallest absolute Gasteiger partial charge is 0.246 e. The highest BCUT2D eigenvalue weighted by molar-refractivity contribution is 5.78. The number of nitrogens with zero attached hydrogens (tertiary/aromatic N) is 4. The van der Waals surface area contributed by atoms with Crippen LogP contribution in [-0.2, 0) is 0 Å². The van der Waals surface area contributed by atoms with Crippen LogP contribution in [0.25, 0.3) is 22.5 Å². The van der Waals surface area contributed by atoms with Crippen molar-refractivity contribution in [3.05, 3.63) is 48.5 Å². The van der Waals surface area contributed by atoms with Crippen molar-refractivity contribution < 1.29 is 19.7 Å². The molecule has 0 aliphatic heterocycles. The minimum absolute atomic E-state index is 0.274. The van der Waals surface area contributed by atoms with Crippen molar-refractivity contribution in [2.24, 2.45) is 0 Å². The second kappa shape index (κ2) is 10.2. The summed E-state index contributed by atoms with van der Waals surface area (Å²) in [5.74, 6) is 1.82. The molecule has 3 rings (SSSR count). The average molecular weight is 425 g/mol. The Labute approximate surface area is 182 Å². The Kier molecular flexibility index (Phi) is 7.38. The van der Waals surface area contributed by atoms with E-state index in [2.05, 4.69) is 10.2 Å². The molecular weight excluding hydrogens is 396 g/mol. The largest absolute Gasteiger partial charge is 0.497 e. The maximum absolute atomic E-state index is 9.90. The van der Waals surface area contributed by atoms with Gasteiger partial charge in [-0.25, -0.2) is 4.98 Å². The van der Waals surface area contributed by atoms with E-state index in [-0.39, 0.29) is 13.1 Å². The van der Waals surface area contributed by atoms with Gasteiger partial charge in [-0.15, -0.1) is 10.2 Å². The van der Waals surface area contributed by atoms with Crippen molar-refractivity contribution in [2.75, 3.05) is 32.2 Å². The molecule has 0 saturated heterocycles. The van der Waals surface area contributed by atoms with E-state index < -0.39 is 12.2 Å². The fourth-order valence-electron chi connectivity index (χ4n) is 3.22. The highest BCUT2D eigenvalue weighted by atomic mass is 16.5. The molecule has 2 atom stereocenters. The molecule has 164 valence electrons. The average Bonchev–Trinajstić information content (AvgIpc) is 2.78. The third-order valence-electron chi connectivity index (χ3n) is 4.65. The Morgan fingerprint density at radius 3 is 1.61 bits per heavy atom. The standard InChI is InChI=1S/C23H28N4O4/c1-15(28)13-27(14-16(2)29)23-24-21(17-5-9-19(30-3)10-6-17)22(25-26-23)18-7-11-20(31-4)12-8-18/h5-12,15-16,28-29H,13-14H2,1-4H3. The number of aromatic nitrogens is 3. The third kappa shape index (κ3) is 5.68. The predicted octanol–water partition coefficient (Wildman–Crippen LogP) is 2.79. The number of hydrogen-bond acceptors (Lipinski definition) is 8. The van der Waals surface area contributed by atoms with Crippen LogP contribution in [0, 0.1) is 0 Å². The van der Waals surface area contributed by atoms with Crippen LogP contribution in [0.1, 0.15) is 13.8 Å². The van der Waals surface area contributed by atoms with Crippen molar-refractivity contribution in [3.63, 3.8) is 0 Å². The van der Waals surface area contributed by atoms with E-state index in [1.807, 2.05) is 48.5 Å². The summed E-state index contributed by atoms with van der Waals surface area (Å²) >= 11 is 0. The van der Waals surface area contributed by atoms with E-state index in [1.54, 1.807) is 33.0 Å². The second-order valence-corrected chi connectivity index (χ2v) is 7.37. The molecule has 0 amide bonds. The van der Waals surface area contributed by atoms with Gasteiger partial charge in [0.15, 0.2) is 0 Å². The summed E-state index contributed by atoms with van der Waals surface area (Å²) in [6, 6.07) is 15.1. The Hall–Kier alpha value is -3.23. The van der Waals surface area contributed by atoms with Crippen molar-refractivity contribution in [3.8, 4) is 34.0 Å². The van der Waals surface area contributed by atoms with Crippen molar-refractivity contribution in [2.45, 2.75) is 26.1 Å². The quantitative estimate of drug-likeness (QED) is 0.541. The van der Waals surface area contributed by atoms with Gasteiger partial charge in [0.2, 0.25) is 5.95 Å². The molecule has 31 heavy (non-hydrogen) atoms. The van der Waals surface area contributed by atoms with Crippen molar-refractivity contribution >= 4 is 5.95 Å². The number of benzene rings is 2. The predicted molar refractivity (Wildman–Crippen MR) is 119 cm³/mol. The van der Waals surface area contributed by atoms with Gasteiger partial charge in [0.1, 0.15) is 22.9 Å². The monoisotopic (exact) mass is 424 g/mol. The molecule has 0 spiro atoms. The number of methoxy groups -OCH3 is 2. The summed E-state index contributed by atoms with van der Waals surface area (Å²) in [6.07, 6.45) is -1.24. The summed E-state index contributed by atoms with van der Waals surface area (Å²) < 4.78 is 10.5. The van der Waals surface area contributed by atoms with Gasteiger partial charge >= 0.3 is 0 Å². The van der Waals surface area contributed by atoms with E-state index in [0.29, 0.717) is 17.3 Å². The van der Waals surface area contributed by atoms with Crippen LogP contribution in [0.3, 0.4) is 0 Å². The van der Waals surface area contributed by atoms with Crippen LogP contribution in [0.15, 0.2) is 48.5 Å². The van der Waals surface area contributed by atoms with Gasteiger partial charge in [0.05, 0.1) is 26.4 Å². The lowest BCUT2D eigenvalue weighted by Gasteiger charge is -2.25. The first-order valence-corrected chi connectivity index (χ1v) is 10.1. The van der Waals surface area contributed by atoms with Gasteiger partial charge in [0, 0.05) is 24.2 Å². The zero-order valence-electron chi connectivity index (χ0n) is 18.2. The van der Waals surface area contributed by atoms with Gasteiger partial charge in [-0.05, 0) is 62.4 Å². The normalized spacial score (nSPS) is 12.8. The molecule has 0 bridgehead atoms. The molecule has 0 fully saturated rings. The highest BCUT2D eigenvalue weighted by Crippen LogP contribution is 2.31. The Morgan fingerprint density at radius 1 is 0.742 bits per heavy atom. The third-order valence-corrected chi connectivity index (χ3v) is 4.65. The summed E-state index contributed by atoms with van der Waals surface area (Å²) in [6.45, 7) is 3.91. The van der Waals surface area contributed by atoms with Gasteiger partial charge in [-0.1, -0.05) is 0 Å². The fraction of sp³-hybridized carbons (Fsp3) is 0.348. The number of aliphatic hydroxyl groups is 2. The van der Waals surface area contributed by atoms with Gasteiger partial charge in [-0.3, -0.25) is 0 Å². The van der Waals surface area contributed by atoms with Gasteiger partial charge in [-0.2, -0.15) is 0 Å². The van der Waals surface area contributed by atoms with Crippen LogP contribution < -0.4 is 14.4 Å². The molecule has 8 heteroatoms. The Bertz CT molecular complexity index is 966. The molecule has 0 radical (unpaired) electrons. The summed E-state index contributed by atoms with van der Waals surface area (Å²) in [4.78, 5) is 6.51. The summed E-state index contributed by atoms with van der Waals surface area (Å²) in [5, 5.41) is 28.6. The molecule has 2 N–H and O–H groups in total. The van der Waals surface area contributed by atoms with Crippen LogP contribution in [0.5, 0.6) is 11.5 Å². The Balaban J connectivity index is 2.11. The Morgan fingerprint density at radius 2 is 1.19 bits per heavy atom. The van der Waals surface area contributed by atoms with Gasteiger partial charge in [0.25, 0.3) is 0 Å². The highest BCUT2D eigenvalue weighted by Gasteiger charge is 2.19. The zero-order valence-corrected chi connectivity index (χ0v) is 18.2. The lowest BCUT2D eigenvalue weighted by molar-refractivity contribution is 0.177. The molecular formula is C23H28N4O4. The lowest BCUT2D eigenvalue weighted by atomic mass is 10.0. The van der Waals surface area contributed by atoms with Crippen LogP contribution in [-0.4, -0.2) is 64.9 Å². The van der Waals surface area contributed by atoms with Crippen LogP contribution in [0.2, 0.25) is 0 Å². The molecule has 0 saturated carbocycles. The van der Waals surface area contributed by atoms with E-state index >= 15 is 0 Å². The SMILES string of the molecule is COc1ccc(-c2nnc(N(CC(C)O)CC(C)O)nc2-c2ccc(OC)cc2)cc1. The topological polar surface area (TPSA) is 101 Å². The second-order valence-electron chi connectivity index (χ2n) is 7.37. The van der Waals surface area contributed by atoms with E-state index in [0.717, 1.165) is 22.6 Å². The number of aliphatic hydroxyl groups excluding tert-OH is 2. The first-order chi connectivity index (χ1) is 14.9. The van der Waals surface area contributed by atoms with Crippen molar-refractivity contribution in [1.82, 2.24) is 15.2 Å². The molecule has 1 heterocycles. The van der Waals surface area contributed by atoms with Crippen LogP contribution >= 0.6 is 0 Å². The van der Waals surface area contributed by atoms with E-state index in [4.69, 9.17) is 14.5 Å². The van der Waals surface area contributed by atoms with E-state index in [9.17, 15) is 10.2 Å². The molecule has 1 aromatic heterocycles. The molecule has 8 nitrogen and oxygen atoms in total. The van der Waals surface area contributed by atoms with E-state index in [1.165, 1.54) is 0 Å². The van der Waals surface area contributed by atoms with Crippen LogP contribution in [0.4, 0.5) is 5.95 Å². The number of ether oxygens (including phenoxy) is 2. The minimum atomic E-state index is -0.618. The lowest BCUT2D eigenvalue weighted by Crippen LogP contribution is -2.37. The molecule has 2 aromatic carbocycles. The molecule has 0 aliphatic rings. The van der Waals surface area contributed by atoms with Gasteiger partial charge < -0.3 is 24.6 Å². The van der Waals surface area contributed by atoms with Crippen molar-refractivity contribution in [1.29, 1.82) is 0 Å².